The van der Waals surface area contributed by atoms with E-state index in [0.29, 0.717) is 25.7 Å². The maximum absolute atomic E-state index is 13.9. The van der Waals surface area contributed by atoms with Crippen LogP contribution in [0.4, 0.5) is 0 Å². The van der Waals surface area contributed by atoms with Crippen LogP contribution in [0.5, 0.6) is 0 Å². The summed E-state index contributed by atoms with van der Waals surface area (Å²) in [7, 11) is 0. The molecule has 4 rings (SSSR count). The van der Waals surface area contributed by atoms with Crippen LogP contribution in [0.3, 0.4) is 0 Å². The average Bonchev–Trinajstić information content (AvgIpc) is 3.31. The van der Waals surface area contributed by atoms with Crippen LogP contribution in [0, 0.1) is 47.3 Å². The van der Waals surface area contributed by atoms with Crippen molar-refractivity contribution in [2.75, 3.05) is 0 Å². The summed E-state index contributed by atoms with van der Waals surface area (Å²) in [6.07, 6.45) is -4.14. The summed E-state index contributed by atoms with van der Waals surface area (Å²) < 4.78 is 32.3. The molecule has 4 heterocycles. The molecule has 3 fully saturated rings. The minimum atomic E-state index is -2.33. The molecule has 25 unspecified atom stereocenters. The molecule has 16 nitrogen and oxygen atoms in total. The van der Waals surface area contributed by atoms with E-state index >= 15 is 0 Å². The highest BCUT2D eigenvalue weighted by atomic mass is 16.7. The quantitative estimate of drug-likeness (QED) is 0.153. The van der Waals surface area contributed by atoms with Crippen LogP contribution in [-0.4, -0.2) is 160 Å². The number of aliphatic hydroxyl groups excluding tert-OH is 9. The monoisotopic (exact) mass is 985 g/mol. The molecule has 0 aromatic carbocycles. The van der Waals surface area contributed by atoms with Crippen molar-refractivity contribution < 1.29 is 79.5 Å². The summed E-state index contributed by atoms with van der Waals surface area (Å²) in [6, 6.07) is 0. The maximum atomic E-state index is 13.9. The van der Waals surface area contributed by atoms with E-state index in [9.17, 15) is 55.9 Å². The number of ether oxygens (including phenoxy) is 5. The lowest BCUT2D eigenvalue weighted by Crippen LogP contribution is -2.63. The smallest absolute Gasteiger partial charge is 0.330 e. The van der Waals surface area contributed by atoms with Crippen LogP contribution in [0.25, 0.3) is 0 Å². The van der Waals surface area contributed by atoms with E-state index in [1.165, 1.54) is 19.1 Å². The van der Waals surface area contributed by atoms with Gasteiger partial charge in [-0.05, 0) is 83.5 Å². The topological polar surface area (TPSA) is 266 Å². The number of carbonyl (C=O) groups excluding carboxylic acids is 1. The second kappa shape index (κ2) is 26.4. The Bertz CT molecular complexity index is 1640. The standard InChI is InChI=1S/C53H92O16/c1-12-25-52(64)50(62)30(4)16-14-13-15-17-38(27-31(5)54)19-21-40-33(7)48(35(9)53(68-40)26-24-29(3)47(69-53)32(6)36(10)55)66-41(57)22-18-28(2)43(58)34(8)44(59)49(45(60)46(61)51(52)63)67-42-23-20-39(56)37(11)65-42/h13-15,17-18,22,28-40,42-51,54-56,58-64H,12,16,19-21,23-27H2,1-11H3/b14-13+,17-15+,22-18+. The minimum absolute atomic E-state index is 0.0828. The number of hydrogen-bond acceptors (Lipinski definition) is 16. The first kappa shape index (κ1) is 59.7. The van der Waals surface area contributed by atoms with Crippen LogP contribution < -0.4 is 0 Å². The Morgan fingerprint density at radius 3 is 2.07 bits per heavy atom. The van der Waals surface area contributed by atoms with Crippen molar-refractivity contribution >= 4 is 5.97 Å². The van der Waals surface area contributed by atoms with E-state index < -0.39 is 127 Å². The van der Waals surface area contributed by atoms with Gasteiger partial charge in [0.25, 0.3) is 0 Å². The van der Waals surface area contributed by atoms with Gasteiger partial charge < -0.3 is 74.7 Å². The van der Waals surface area contributed by atoms with Crippen molar-refractivity contribution in [2.24, 2.45) is 47.3 Å². The molecular formula is C53H92O16. The molecule has 10 N–H and O–H groups in total. The lowest BCUT2D eigenvalue weighted by atomic mass is 9.74. The van der Waals surface area contributed by atoms with Crippen LogP contribution >= 0.6 is 0 Å². The van der Waals surface area contributed by atoms with E-state index in [4.69, 9.17) is 23.7 Å². The van der Waals surface area contributed by atoms with Crippen molar-refractivity contribution in [1.82, 2.24) is 0 Å². The summed E-state index contributed by atoms with van der Waals surface area (Å²) in [5.74, 6) is -5.20. The number of esters is 1. The van der Waals surface area contributed by atoms with E-state index in [2.05, 4.69) is 6.92 Å². The summed E-state index contributed by atoms with van der Waals surface area (Å²) >= 11 is 0. The summed E-state index contributed by atoms with van der Waals surface area (Å²) in [6.45, 7) is 19.7. The predicted molar refractivity (Wildman–Crippen MR) is 259 cm³/mol. The highest BCUT2D eigenvalue weighted by Gasteiger charge is 2.57. The average molecular weight is 985 g/mol. The molecule has 400 valence electrons. The van der Waals surface area contributed by atoms with Gasteiger partial charge in [-0.25, -0.2) is 4.79 Å². The number of carbonyl (C=O) groups is 1. The molecule has 4 aliphatic rings. The molecule has 69 heavy (non-hydrogen) atoms. The first-order chi connectivity index (χ1) is 32.3. The van der Waals surface area contributed by atoms with Gasteiger partial charge in [0, 0.05) is 48.5 Å². The van der Waals surface area contributed by atoms with Crippen LogP contribution in [-0.2, 0) is 28.5 Å². The Morgan fingerprint density at radius 1 is 0.768 bits per heavy atom. The largest absolute Gasteiger partial charge is 0.458 e. The third-order valence-electron chi connectivity index (χ3n) is 16.2. The lowest BCUT2D eigenvalue weighted by Gasteiger charge is -2.56. The molecule has 0 aromatic heterocycles. The number of allylic oxidation sites excluding steroid dienone is 4. The molecule has 0 aromatic rings. The number of fused-ring (bicyclic) bond motifs is 2. The highest BCUT2D eigenvalue weighted by Crippen LogP contribution is 2.49. The molecule has 0 aliphatic carbocycles. The van der Waals surface area contributed by atoms with Gasteiger partial charge in [0.15, 0.2) is 12.1 Å². The van der Waals surface area contributed by atoms with Gasteiger partial charge in [-0.2, -0.15) is 0 Å². The van der Waals surface area contributed by atoms with Crippen molar-refractivity contribution in [3.63, 3.8) is 0 Å². The van der Waals surface area contributed by atoms with Gasteiger partial charge >= 0.3 is 5.97 Å². The van der Waals surface area contributed by atoms with Gasteiger partial charge in [0.2, 0.25) is 0 Å². The fourth-order valence-electron chi connectivity index (χ4n) is 11.2. The third-order valence-corrected chi connectivity index (χ3v) is 16.2. The molecule has 4 aliphatic heterocycles. The molecule has 25 atom stereocenters. The van der Waals surface area contributed by atoms with Gasteiger partial charge in [-0.1, -0.05) is 92.2 Å². The van der Waals surface area contributed by atoms with Crippen molar-refractivity contribution in [3.8, 4) is 0 Å². The molecule has 2 bridgehead atoms. The van der Waals surface area contributed by atoms with Gasteiger partial charge in [0.05, 0.1) is 54.9 Å². The molecule has 0 saturated carbocycles. The Labute approximate surface area is 411 Å². The number of aliphatic hydroxyl groups is 10. The van der Waals surface area contributed by atoms with Crippen LogP contribution in [0.15, 0.2) is 36.5 Å². The first-order valence-corrected chi connectivity index (χ1v) is 26.0. The summed E-state index contributed by atoms with van der Waals surface area (Å²) in [5, 5.41) is 114. The molecule has 1 spiro atoms. The zero-order valence-corrected chi connectivity index (χ0v) is 43.2. The van der Waals surface area contributed by atoms with Crippen molar-refractivity contribution in [1.29, 1.82) is 0 Å². The molecule has 3 saturated heterocycles. The lowest BCUT2D eigenvalue weighted by molar-refractivity contribution is -0.375. The van der Waals surface area contributed by atoms with Gasteiger partial charge in [0.1, 0.15) is 36.1 Å². The summed E-state index contributed by atoms with van der Waals surface area (Å²) in [4.78, 5) is 13.9. The fraction of sp³-hybridized carbons (Fsp3) is 0.868. The minimum Gasteiger partial charge on any atom is -0.458 e. The second-order valence-corrected chi connectivity index (χ2v) is 21.9. The maximum Gasteiger partial charge on any atom is 0.330 e. The normalized spacial score (nSPS) is 47.9. The SMILES string of the molecule is CCCC1(O)C(O)C(C)C/C=C/C=C/C(CC(C)O)CCC2OC3(CCC(C)C(C(C)C(C)O)O3)C(C)C(OC(=O)/C=C/C(C)C(O)C(C)C(O)C(OC3CCC(O)C(C)O3)C(O)C(O)C1O)C2C. The Morgan fingerprint density at radius 2 is 1.45 bits per heavy atom. The van der Waals surface area contributed by atoms with E-state index in [-0.39, 0.29) is 61.9 Å². The van der Waals surface area contributed by atoms with Crippen LogP contribution in [0.1, 0.15) is 140 Å². The second-order valence-electron chi connectivity index (χ2n) is 21.9. The predicted octanol–water partition coefficient (Wildman–Crippen LogP) is 4.21. The Hall–Kier alpha value is -1.87. The van der Waals surface area contributed by atoms with E-state index in [1.54, 1.807) is 41.5 Å². The van der Waals surface area contributed by atoms with E-state index in [0.717, 1.165) is 6.42 Å². The van der Waals surface area contributed by atoms with Crippen LogP contribution in [0.2, 0.25) is 0 Å². The fourth-order valence-corrected chi connectivity index (χ4v) is 11.2. The van der Waals surface area contributed by atoms with Gasteiger partial charge in [-0.15, -0.1) is 0 Å². The molecule has 0 radical (unpaired) electrons. The molecule has 16 heteroatoms. The molecule has 0 amide bonds. The molecular weight excluding hydrogens is 893 g/mol. The number of rotatable bonds is 8. The first-order valence-electron chi connectivity index (χ1n) is 26.0. The van der Waals surface area contributed by atoms with E-state index in [1.807, 2.05) is 45.1 Å². The third kappa shape index (κ3) is 14.9. The Kier molecular flexibility index (Phi) is 22.8. The van der Waals surface area contributed by atoms with Gasteiger partial charge in [-0.3, -0.25) is 0 Å². The summed E-state index contributed by atoms with van der Waals surface area (Å²) in [5.41, 5.74) is -2.33. The highest BCUT2D eigenvalue weighted by molar-refractivity contribution is 5.82. The van der Waals surface area contributed by atoms with Crippen molar-refractivity contribution in [2.45, 2.75) is 244 Å². The zero-order valence-electron chi connectivity index (χ0n) is 43.2. The Balaban J connectivity index is 1.76. The zero-order chi connectivity index (χ0) is 51.7. The van der Waals surface area contributed by atoms with Crippen molar-refractivity contribution in [3.05, 3.63) is 36.5 Å². The number of hydrogen-bond donors (Lipinski definition) is 10.